The van der Waals surface area contributed by atoms with Crippen molar-refractivity contribution in [3.63, 3.8) is 0 Å². The third-order valence-corrected chi connectivity index (χ3v) is 5.83. The molecule has 0 bridgehead atoms. The van der Waals surface area contributed by atoms with Gasteiger partial charge in [0, 0.05) is 33.2 Å². The molecule has 1 heterocycles. The summed E-state index contributed by atoms with van der Waals surface area (Å²) in [6.45, 7) is 4.88. The maximum atomic E-state index is 13.3. The quantitative estimate of drug-likeness (QED) is 0.556. The zero-order valence-corrected chi connectivity index (χ0v) is 16.1. The molecule has 9 heteroatoms. The van der Waals surface area contributed by atoms with E-state index in [-0.39, 0.29) is 18.1 Å². The summed E-state index contributed by atoms with van der Waals surface area (Å²) in [7, 11) is -1.50. The highest BCUT2D eigenvalue weighted by molar-refractivity contribution is 7.89. The Kier molecular flexibility index (Phi) is 7.80. The lowest BCUT2D eigenvalue weighted by Crippen LogP contribution is -2.42. The molecule has 1 aromatic rings. The largest absolute Gasteiger partial charge is 0.379 e. The van der Waals surface area contributed by atoms with Gasteiger partial charge in [0.1, 0.15) is 5.82 Å². The van der Waals surface area contributed by atoms with Crippen LogP contribution in [0.15, 0.2) is 29.3 Å². The molecule has 1 aromatic carbocycles. The molecular formula is C17H27FN4O3S. The fraction of sp³-hybridized carbons (Fsp3) is 0.588. The first-order chi connectivity index (χ1) is 12.4. The summed E-state index contributed by atoms with van der Waals surface area (Å²) < 4.78 is 44.7. The number of benzene rings is 1. The molecule has 26 heavy (non-hydrogen) atoms. The smallest absolute Gasteiger partial charge is 0.216 e. The Bertz CT molecular complexity index is 706. The van der Waals surface area contributed by atoms with Crippen LogP contribution in [0.1, 0.15) is 12.5 Å². The van der Waals surface area contributed by atoms with Gasteiger partial charge in [-0.3, -0.25) is 4.99 Å². The van der Waals surface area contributed by atoms with Crippen LogP contribution in [0.25, 0.3) is 0 Å². The maximum Gasteiger partial charge on any atom is 0.216 e. The van der Waals surface area contributed by atoms with Crippen LogP contribution in [0.4, 0.5) is 4.39 Å². The number of aliphatic imine (C=N–C) groups is 1. The third kappa shape index (κ3) is 6.22. The summed E-state index contributed by atoms with van der Waals surface area (Å²) in [6, 6.07) is 6.38. The Labute approximate surface area is 154 Å². The molecule has 0 amide bonds. The number of halogens is 1. The van der Waals surface area contributed by atoms with Crippen molar-refractivity contribution in [2.24, 2.45) is 4.99 Å². The van der Waals surface area contributed by atoms with Gasteiger partial charge in [-0.15, -0.1) is 0 Å². The molecule has 1 aliphatic rings. The van der Waals surface area contributed by atoms with Gasteiger partial charge in [0.15, 0.2) is 5.96 Å². The predicted molar refractivity (Wildman–Crippen MR) is 100 cm³/mol. The number of hydrogen-bond donors (Lipinski definition) is 1. The monoisotopic (exact) mass is 386 g/mol. The van der Waals surface area contributed by atoms with Crippen molar-refractivity contribution in [2.45, 2.75) is 13.5 Å². The van der Waals surface area contributed by atoms with Gasteiger partial charge in [-0.05, 0) is 24.6 Å². The van der Waals surface area contributed by atoms with Crippen molar-refractivity contribution < 1.29 is 17.5 Å². The van der Waals surface area contributed by atoms with Crippen LogP contribution in [-0.4, -0.2) is 75.8 Å². The van der Waals surface area contributed by atoms with Gasteiger partial charge >= 0.3 is 0 Å². The lowest BCUT2D eigenvalue weighted by atomic mass is 10.2. The molecule has 0 aromatic heterocycles. The van der Waals surface area contributed by atoms with E-state index >= 15 is 0 Å². The van der Waals surface area contributed by atoms with Gasteiger partial charge in [0.2, 0.25) is 10.0 Å². The van der Waals surface area contributed by atoms with E-state index in [4.69, 9.17) is 4.74 Å². The first-order valence-electron chi connectivity index (χ1n) is 8.72. The van der Waals surface area contributed by atoms with Gasteiger partial charge in [-0.1, -0.05) is 12.1 Å². The van der Waals surface area contributed by atoms with E-state index < -0.39 is 10.0 Å². The Hall–Kier alpha value is -1.71. The second-order valence-corrected chi connectivity index (χ2v) is 8.14. The first-order valence-corrected chi connectivity index (χ1v) is 10.3. The van der Waals surface area contributed by atoms with Gasteiger partial charge in [0.05, 0.1) is 25.5 Å². The lowest BCUT2D eigenvalue weighted by molar-refractivity contribution is 0.0731. The predicted octanol–water partition coefficient (Wildman–Crippen LogP) is 0.885. The molecule has 1 N–H and O–H groups in total. The van der Waals surface area contributed by atoms with Crippen molar-refractivity contribution in [2.75, 3.05) is 52.2 Å². The molecule has 0 saturated carbocycles. The fourth-order valence-corrected chi connectivity index (χ4v) is 3.96. The van der Waals surface area contributed by atoms with Gasteiger partial charge < -0.3 is 15.0 Å². The van der Waals surface area contributed by atoms with E-state index in [9.17, 15) is 12.8 Å². The van der Waals surface area contributed by atoms with Gasteiger partial charge in [-0.25, -0.2) is 12.8 Å². The van der Waals surface area contributed by atoms with Crippen LogP contribution in [0, 0.1) is 5.82 Å². The number of rotatable bonds is 7. The Morgan fingerprint density at radius 3 is 2.77 bits per heavy atom. The summed E-state index contributed by atoms with van der Waals surface area (Å²) in [5.74, 6) is 0.263. The first kappa shape index (κ1) is 20.6. The Morgan fingerprint density at radius 2 is 2.12 bits per heavy atom. The minimum Gasteiger partial charge on any atom is -0.379 e. The number of guanidine groups is 1. The van der Waals surface area contributed by atoms with E-state index in [1.807, 2.05) is 24.9 Å². The number of ether oxygens (including phenoxy) is 1. The maximum absolute atomic E-state index is 13.3. The van der Waals surface area contributed by atoms with Crippen LogP contribution < -0.4 is 5.32 Å². The van der Waals surface area contributed by atoms with Crippen LogP contribution in [-0.2, 0) is 21.3 Å². The van der Waals surface area contributed by atoms with E-state index in [0.717, 1.165) is 5.56 Å². The fourth-order valence-electron chi connectivity index (χ4n) is 2.67. The minimum absolute atomic E-state index is 0.0459. The third-order valence-electron chi connectivity index (χ3n) is 3.98. The van der Waals surface area contributed by atoms with Crippen molar-refractivity contribution in [3.05, 3.63) is 35.6 Å². The normalized spacial score (nSPS) is 16.5. The van der Waals surface area contributed by atoms with Crippen LogP contribution in [0.2, 0.25) is 0 Å². The lowest BCUT2D eigenvalue weighted by Gasteiger charge is -2.26. The zero-order chi connectivity index (χ0) is 19.0. The molecule has 0 radical (unpaired) electrons. The van der Waals surface area contributed by atoms with E-state index in [1.165, 1.54) is 16.4 Å². The molecule has 146 valence electrons. The molecule has 0 aliphatic carbocycles. The summed E-state index contributed by atoms with van der Waals surface area (Å²) in [5, 5.41) is 3.14. The summed E-state index contributed by atoms with van der Waals surface area (Å²) >= 11 is 0. The zero-order valence-electron chi connectivity index (χ0n) is 15.3. The average molecular weight is 386 g/mol. The number of sulfonamides is 1. The number of hydrogen-bond acceptors (Lipinski definition) is 4. The van der Waals surface area contributed by atoms with Crippen molar-refractivity contribution >= 4 is 16.0 Å². The molecule has 1 fully saturated rings. The molecular weight excluding hydrogens is 359 g/mol. The van der Waals surface area contributed by atoms with Crippen molar-refractivity contribution in [1.82, 2.24) is 14.5 Å². The Balaban J connectivity index is 1.96. The standard InChI is InChI=1S/C17H27FN4O3S/c1-3-19-17(21(2)14-15-5-4-6-16(18)13-15)20-7-12-26(23,24)22-8-10-25-11-9-22/h4-6,13H,3,7-12,14H2,1-2H3,(H,19,20). The van der Waals surface area contributed by atoms with Crippen molar-refractivity contribution in [3.8, 4) is 0 Å². The molecule has 2 rings (SSSR count). The number of morpholine rings is 1. The van der Waals surface area contributed by atoms with E-state index in [2.05, 4.69) is 10.3 Å². The Morgan fingerprint density at radius 1 is 1.38 bits per heavy atom. The summed E-state index contributed by atoms with van der Waals surface area (Å²) in [6.07, 6.45) is 0. The number of nitrogens with zero attached hydrogens (tertiary/aromatic N) is 3. The second-order valence-electron chi connectivity index (χ2n) is 6.05. The topological polar surface area (TPSA) is 74.2 Å². The number of nitrogens with one attached hydrogen (secondary N) is 1. The van der Waals surface area contributed by atoms with Crippen LogP contribution >= 0.6 is 0 Å². The second kappa shape index (κ2) is 9.84. The molecule has 7 nitrogen and oxygen atoms in total. The highest BCUT2D eigenvalue weighted by Gasteiger charge is 2.23. The highest BCUT2D eigenvalue weighted by Crippen LogP contribution is 2.08. The SMILES string of the molecule is CCNC(=NCCS(=O)(=O)N1CCOCC1)N(C)Cc1cccc(F)c1. The molecule has 1 aliphatic heterocycles. The van der Waals surface area contributed by atoms with Gasteiger partial charge in [0.25, 0.3) is 0 Å². The van der Waals surface area contributed by atoms with Crippen molar-refractivity contribution in [1.29, 1.82) is 0 Å². The average Bonchev–Trinajstić information content (AvgIpc) is 2.61. The van der Waals surface area contributed by atoms with Gasteiger partial charge in [-0.2, -0.15) is 4.31 Å². The molecule has 0 spiro atoms. The molecule has 0 unspecified atom stereocenters. The minimum atomic E-state index is -3.33. The molecule has 1 saturated heterocycles. The summed E-state index contributed by atoms with van der Waals surface area (Å²) in [4.78, 5) is 6.26. The van der Waals surface area contributed by atoms with Crippen LogP contribution in [0.5, 0.6) is 0 Å². The summed E-state index contributed by atoms with van der Waals surface area (Å²) in [5.41, 5.74) is 0.819. The molecule has 0 atom stereocenters. The highest BCUT2D eigenvalue weighted by atomic mass is 32.2. The van der Waals surface area contributed by atoms with E-state index in [1.54, 1.807) is 6.07 Å². The van der Waals surface area contributed by atoms with E-state index in [0.29, 0.717) is 45.4 Å². The van der Waals surface area contributed by atoms with Crippen LogP contribution in [0.3, 0.4) is 0 Å².